The van der Waals surface area contributed by atoms with E-state index < -0.39 is 0 Å². The van der Waals surface area contributed by atoms with Crippen LogP contribution < -0.4 is 10.5 Å². The van der Waals surface area contributed by atoms with Gasteiger partial charge in [-0.15, -0.1) is 0 Å². The minimum Gasteiger partial charge on any atom is -0.463 e. The van der Waals surface area contributed by atoms with Crippen molar-refractivity contribution in [3.63, 3.8) is 0 Å². The summed E-state index contributed by atoms with van der Waals surface area (Å²) in [5.41, 5.74) is 6.21. The topological polar surface area (TPSA) is 70.3 Å². The number of hydrogen-bond acceptors (Lipinski definition) is 5. The summed E-state index contributed by atoms with van der Waals surface area (Å²) < 4.78 is 10.2. The fraction of sp³-hybridized carbons (Fsp3) is 0.556. The highest BCUT2D eigenvalue weighted by molar-refractivity contribution is 5.04. The Labute approximate surface area is 83.3 Å². The van der Waals surface area contributed by atoms with Crippen LogP contribution in [0, 0.1) is 0 Å². The fourth-order valence-corrected chi connectivity index (χ4v) is 0.926. The minimum atomic E-state index is 0.379. The standard InChI is InChI=1S/C9H15N3O2/c1-13-5-2-6-14-9-11-4-3-8(7-10)12-9/h3-4H,2,5-7,10H2,1H3. The summed E-state index contributed by atoms with van der Waals surface area (Å²) in [5, 5.41) is 0. The van der Waals surface area contributed by atoms with Gasteiger partial charge in [-0.2, -0.15) is 4.98 Å². The van der Waals surface area contributed by atoms with Crippen molar-refractivity contribution in [3.8, 4) is 6.01 Å². The summed E-state index contributed by atoms with van der Waals surface area (Å²) in [6.07, 6.45) is 2.47. The van der Waals surface area contributed by atoms with Crippen molar-refractivity contribution in [1.29, 1.82) is 0 Å². The lowest BCUT2D eigenvalue weighted by molar-refractivity contribution is 0.168. The summed E-state index contributed by atoms with van der Waals surface area (Å²) in [6.45, 7) is 1.63. The highest BCUT2D eigenvalue weighted by Gasteiger charge is 1.98. The van der Waals surface area contributed by atoms with Crippen molar-refractivity contribution in [2.75, 3.05) is 20.3 Å². The van der Waals surface area contributed by atoms with Gasteiger partial charge in [0.05, 0.1) is 12.3 Å². The molecule has 1 rings (SSSR count). The van der Waals surface area contributed by atoms with E-state index in [4.69, 9.17) is 15.2 Å². The van der Waals surface area contributed by atoms with Crippen LogP contribution in [0.4, 0.5) is 0 Å². The fourth-order valence-electron chi connectivity index (χ4n) is 0.926. The lowest BCUT2D eigenvalue weighted by atomic mass is 10.4. The first-order chi connectivity index (χ1) is 6.86. The molecule has 0 amide bonds. The van der Waals surface area contributed by atoms with E-state index >= 15 is 0 Å². The SMILES string of the molecule is COCCCOc1nccc(CN)n1. The lowest BCUT2D eigenvalue weighted by Crippen LogP contribution is -2.06. The van der Waals surface area contributed by atoms with Gasteiger partial charge in [0.1, 0.15) is 0 Å². The molecule has 0 aliphatic rings. The second-order valence-electron chi connectivity index (χ2n) is 2.73. The largest absolute Gasteiger partial charge is 0.463 e. The van der Waals surface area contributed by atoms with E-state index in [1.54, 1.807) is 19.4 Å². The molecule has 0 bridgehead atoms. The third kappa shape index (κ3) is 3.68. The average Bonchev–Trinajstić information content (AvgIpc) is 2.25. The molecule has 0 saturated heterocycles. The van der Waals surface area contributed by atoms with Crippen molar-refractivity contribution in [1.82, 2.24) is 9.97 Å². The molecule has 2 N–H and O–H groups in total. The third-order valence-electron chi connectivity index (χ3n) is 1.62. The highest BCUT2D eigenvalue weighted by atomic mass is 16.5. The predicted molar refractivity (Wildman–Crippen MR) is 51.9 cm³/mol. The Morgan fingerprint density at radius 1 is 1.43 bits per heavy atom. The summed E-state index contributed by atoms with van der Waals surface area (Å²) in [6, 6.07) is 2.14. The molecule has 0 spiro atoms. The molecule has 0 radical (unpaired) electrons. The highest BCUT2D eigenvalue weighted by Crippen LogP contribution is 2.02. The van der Waals surface area contributed by atoms with Crippen LogP contribution in [-0.2, 0) is 11.3 Å². The Morgan fingerprint density at radius 3 is 3.00 bits per heavy atom. The molecule has 0 saturated carbocycles. The van der Waals surface area contributed by atoms with Crippen molar-refractivity contribution >= 4 is 0 Å². The second kappa shape index (κ2) is 6.28. The maximum Gasteiger partial charge on any atom is 0.316 e. The zero-order valence-corrected chi connectivity index (χ0v) is 8.27. The zero-order valence-electron chi connectivity index (χ0n) is 8.27. The van der Waals surface area contributed by atoms with Crippen molar-refractivity contribution in [2.24, 2.45) is 5.73 Å². The number of ether oxygens (including phenoxy) is 2. The molecule has 1 aromatic heterocycles. The summed E-state index contributed by atoms with van der Waals surface area (Å²) in [5.74, 6) is 0. The Bertz CT molecular complexity index is 268. The van der Waals surface area contributed by atoms with Gasteiger partial charge in [0.15, 0.2) is 0 Å². The second-order valence-corrected chi connectivity index (χ2v) is 2.73. The van der Waals surface area contributed by atoms with Gasteiger partial charge in [-0.1, -0.05) is 0 Å². The third-order valence-corrected chi connectivity index (χ3v) is 1.62. The van der Waals surface area contributed by atoms with Gasteiger partial charge in [0.25, 0.3) is 0 Å². The quantitative estimate of drug-likeness (QED) is 0.666. The number of hydrogen-bond donors (Lipinski definition) is 1. The first-order valence-corrected chi connectivity index (χ1v) is 4.50. The maximum absolute atomic E-state index is 5.43. The first kappa shape index (κ1) is 10.9. The van der Waals surface area contributed by atoms with E-state index in [0.717, 1.165) is 12.1 Å². The summed E-state index contributed by atoms with van der Waals surface area (Å²) in [4.78, 5) is 8.05. The van der Waals surface area contributed by atoms with E-state index in [1.165, 1.54) is 0 Å². The van der Waals surface area contributed by atoms with Crippen molar-refractivity contribution in [2.45, 2.75) is 13.0 Å². The molecular weight excluding hydrogens is 182 g/mol. The Balaban J connectivity index is 2.34. The van der Waals surface area contributed by atoms with Gasteiger partial charge in [-0.25, -0.2) is 4.98 Å². The van der Waals surface area contributed by atoms with Crippen molar-refractivity contribution in [3.05, 3.63) is 18.0 Å². The molecule has 5 heteroatoms. The first-order valence-electron chi connectivity index (χ1n) is 4.50. The molecule has 78 valence electrons. The van der Waals surface area contributed by atoms with Gasteiger partial charge >= 0.3 is 6.01 Å². The van der Waals surface area contributed by atoms with Crippen LogP contribution >= 0.6 is 0 Å². The van der Waals surface area contributed by atoms with Gasteiger partial charge < -0.3 is 15.2 Å². The monoisotopic (exact) mass is 197 g/mol. The van der Waals surface area contributed by atoms with Crippen LogP contribution in [0.3, 0.4) is 0 Å². The molecule has 14 heavy (non-hydrogen) atoms. The lowest BCUT2D eigenvalue weighted by Gasteiger charge is -2.04. The molecule has 0 atom stereocenters. The van der Waals surface area contributed by atoms with Gasteiger partial charge in [-0.05, 0) is 6.07 Å². The van der Waals surface area contributed by atoms with Crippen LogP contribution in [0.25, 0.3) is 0 Å². The number of nitrogens with two attached hydrogens (primary N) is 1. The molecule has 0 unspecified atom stereocenters. The number of rotatable bonds is 6. The molecule has 0 fully saturated rings. The van der Waals surface area contributed by atoms with Crippen LogP contribution in [0.15, 0.2) is 12.3 Å². The smallest absolute Gasteiger partial charge is 0.316 e. The molecule has 0 aromatic carbocycles. The Morgan fingerprint density at radius 2 is 2.29 bits per heavy atom. The average molecular weight is 197 g/mol. The van der Waals surface area contributed by atoms with Crippen LogP contribution in [0.1, 0.15) is 12.1 Å². The predicted octanol–water partition coefficient (Wildman–Crippen LogP) is 0.351. The number of methoxy groups -OCH3 is 1. The molecular formula is C9H15N3O2. The molecule has 0 aliphatic heterocycles. The summed E-state index contributed by atoms with van der Waals surface area (Å²) >= 11 is 0. The van der Waals surface area contributed by atoms with Crippen LogP contribution in [0.2, 0.25) is 0 Å². The van der Waals surface area contributed by atoms with Crippen LogP contribution in [-0.4, -0.2) is 30.3 Å². The van der Waals surface area contributed by atoms with E-state index in [-0.39, 0.29) is 0 Å². The maximum atomic E-state index is 5.43. The van der Waals surface area contributed by atoms with Gasteiger partial charge in [0.2, 0.25) is 0 Å². The zero-order chi connectivity index (χ0) is 10.2. The van der Waals surface area contributed by atoms with E-state index in [0.29, 0.717) is 25.8 Å². The molecule has 1 aromatic rings. The molecule has 0 aliphatic carbocycles. The molecule has 1 heterocycles. The minimum absolute atomic E-state index is 0.379. The van der Waals surface area contributed by atoms with E-state index in [2.05, 4.69) is 9.97 Å². The van der Waals surface area contributed by atoms with E-state index in [9.17, 15) is 0 Å². The van der Waals surface area contributed by atoms with Crippen LogP contribution in [0.5, 0.6) is 6.01 Å². The van der Waals surface area contributed by atoms with E-state index in [1.807, 2.05) is 0 Å². The summed E-state index contributed by atoms with van der Waals surface area (Å²) in [7, 11) is 1.66. The number of aromatic nitrogens is 2. The van der Waals surface area contributed by atoms with Gasteiger partial charge in [0, 0.05) is 32.9 Å². The Kier molecular flexibility index (Phi) is 4.88. The Hall–Kier alpha value is -1.20. The normalized spacial score (nSPS) is 10.1. The molecule has 5 nitrogen and oxygen atoms in total. The van der Waals surface area contributed by atoms with Gasteiger partial charge in [-0.3, -0.25) is 0 Å². The number of nitrogens with zero attached hydrogens (tertiary/aromatic N) is 2. The van der Waals surface area contributed by atoms with Crippen molar-refractivity contribution < 1.29 is 9.47 Å².